The molecule has 1 aromatic carbocycles. The van der Waals surface area contributed by atoms with Crippen LogP contribution >= 0.6 is 11.6 Å². The van der Waals surface area contributed by atoms with E-state index in [2.05, 4.69) is 4.98 Å². The van der Waals surface area contributed by atoms with Crippen molar-refractivity contribution in [3.8, 4) is 0 Å². The summed E-state index contributed by atoms with van der Waals surface area (Å²) >= 11 is 5.94. The van der Waals surface area contributed by atoms with E-state index in [1.807, 2.05) is 36.6 Å². The van der Waals surface area contributed by atoms with E-state index in [1.54, 1.807) is 11.9 Å². The monoisotopic (exact) mass is 279 g/mol. The van der Waals surface area contributed by atoms with Gasteiger partial charge in [-0.15, -0.1) is 11.6 Å². The van der Waals surface area contributed by atoms with Crippen molar-refractivity contribution >= 4 is 28.5 Å². The van der Waals surface area contributed by atoms with Crippen LogP contribution in [0.15, 0.2) is 18.2 Å². The highest BCUT2D eigenvalue weighted by Gasteiger charge is 2.15. The number of nitrogens with zero attached hydrogens (tertiary/aromatic N) is 3. The Hall–Kier alpha value is -1.55. The molecular formula is C14H18ClN3O. The molecule has 0 saturated carbocycles. The fraction of sp³-hybridized carbons (Fsp3) is 0.429. The summed E-state index contributed by atoms with van der Waals surface area (Å²) < 4.78 is 1.91. The second kappa shape index (κ2) is 5.61. The maximum absolute atomic E-state index is 12.1. The summed E-state index contributed by atoms with van der Waals surface area (Å²) in [6.07, 6.45) is 0. The number of para-hydroxylation sites is 1. The number of carbonyl (C=O) groups is 1. The predicted molar refractivity (Wildman–Crippen MR) is 77.3 cm³/mol. The second-order valence-electron chi connectivity index (χ2n) is 4.60. The summed E-state index contributed by atoms with van der Waals surface area (Å²) in [6, 6.07) is 5.96. The molecule has 0 N–H and O–H groups in total. The molecular weight excluding hydrogens is 262 g/mol. The molecule has 0 fully saturated rings. The molecule has 0 aliphatic rings. The van der Waals surface area contributed by atoms with Crippen LogP contribution in [0.25, 0.3) is 11.0 Å². The van der Waals surface area contributed by atoms with E-state index in [0.29, 0.717) is 12.4 Å². The number of alkyl halides is 1. The molecule has 19 heavy (non-hydrogen) atoms. The van der Waals surface area contributed by atoms with Crippen LogP contribution in [-0.4, -0.2) is 34.0 Å². The van der Waals surface area contributed by atoms with Gasteiger partial charge in [-0.3, -0.25) is 4.79 Å². The van der Waals surface area contributed by atoms with Gasteiger partial charge < -0.3 is 9.47 Å². The first-order valence-corrected chi connectivity index (χ1v) is 6.86. The number of rotatable bonds is 4. The van der Waals surface area contributed by atoms with Crippen molar-refractivity contribution in [3.05, 3.63) is 29.6 Å². The summed E-state index contributed by atoms with van der Waals surface area (Å²) in [6.45, 7) is 4.95. The Bertz CT molecular complexity index is 606. The number of amides is 1. The third kappa shape index (κ3) is 2.59. The molecule has 1 amide bonds. The van der Waals surface area contributed by atoms with Gasteiger partial charge in [0, 0.05) is 13.6 Å². The normalized spacial score (nSPS) is 10.9. The topological polar surface area (TPSA) is 38.1 Å². The molecule has 1 aromatic heterocycles. The number of hydrogen-bond acceptors (Lipinski definition) is 2. The highest BCUT2D eigenvalue weighted by atomic mass is 35.5. The van der Waals surface area contributed by atoms with E-state index < -0.39 is 0 Å². The lowest BCUT2D eigenvalue weighted by molar-refractivity contribution is -0.130. The molecule has 102 valence electrons. The van der Waals surface area contributed by atoms with Crippen LogP contribution < -0.4 is 0 Å². The molecule has 4 nitrogen and oxygen atoms in total. The maximum atomic E-state index is 12.1. The van der Waals surface area contributed by atoms with Crippen LogP contribution in [0.4, 0.5) is 0 Å². The number of aromatic nitrogens is 2. The molecule has 0 saturated heterocycles. The van der Waals surface area contributed by atoms with E-state index >= 15 is 0 Å². The predicted octanol–water partition coefficient (Wildman–Crippen LogP) is 2.56. The summed E-state index contributed by atoms with van der Waals surface area (Å²) in [7, 11) is 1.80. The molecule has 0 radical (unpaired) electrons. The summed E-state index contributed by atoms with van der Waals surface area (Å²) in [5.41, 5.74) is 2.98. The van der Waals surface area contributed by atoms with Crippen LogP contribution in [0.2, 0.25) is 0 Å². The number of fused-ring (bicyclic) bond motifs is 1. The SMILES string of the molecule is CCN(C)C(=O)Cn1c(CCl)nc2c(C)cccc21. The van der Waals surface area contributed by atoms with Gasteiger partial charge in [-0.25, -0.2) is 4.98 Å². The lowest BCUT2D eigenvalue weighted by Crippen LogP contribution is -2.30. The number of imidazole rings is 1. The third-order valence-electron chi connectivity index (χ3n) is 3.37. The zero-order valence-corrected chi connectivity index (χ0v) is 12.2. The van der Waals surface area contributed by atoms with Gasteiger partial charge in [0.05, 0.1) is 16.9 Å². The average Bonchev–Trinajstić information content (AvgIpc) is 2.77. The van der Waals surface area contributed by atoms with Crippen molar-refractivity contribution in [2.75, 3.05) is 13.6 Å². The molecule has 0 atom stereocenters. The summed E-state index contributed by atoms with van der Waals surface area (Å²) in [5, 5.41) is 0. The number of benzene rings is 1. The van der Waals surface area contributed by atoms with Gasteiger partial charge in [0.15, 0.2) is 0 Å². The Morgan fingerprint density at radius 3 is 2.84 bits per heavy atom. The van der Waals surface area contributed by atoms with Gasteiger partial charge in [0.25, 0.3) is 0 Å². The van der Waals surface area contributed by atoms with E-state index in [0.717, 1.165) is 22.4 Å². The highest BCUT2D eigenvalue weighted by molar-refractivity contribution is 6.16. The van der Waals surface area contributed by atoms with E-state index in [1.165, 1.54) is 0 Å². The van der Waals surface area contributed by atoms with Crippen molar-refractivity contribution in [1.29, 1.82) is 0 Å². The lowest BCUT2D eigenvalue weighted by atomic mass is 10.2. The molecule has 0 unspecified atom stereocenters. The van der Waals surface area contributed by atoms with Gasteiger partial charge in [-0.2, -0.15) is 0 Å². The first-order valence-electron chi connectivity index (χ1n) is 6.33. The minimum Gasteiger partial charge on any atom is -0.344 e. The van der Waals surface area contributed by atoms with Crippen molar-refractivity contribution in [3.63, 3.8) is 0 Å². The summed E-state index contributed by atoms with van der Waals surface area (Å²) in [5.74, 6) is 1.11. The maximum Gasteiger partial charge on any atom is 0.242 e. The Labute approximate surface area is 118 Å². The van der Waals surface area contributed by atoms with Gasteiger partial charge in [-0.05, 0) is 25.5 Å². The minimum atomic E-state index is 0.0645. The highest BCUT2D eigenvalue weighted by Crippen LogP contribution is 2.20. The van der Waals surface area contributed by atoms with Crippen LogP contribution in [0.3, 0.4) is 0 Å². The number of likely N-dealkylation sites (N-methyl/N-ethyl adjacent to an activating group) is 1. The van der Waals surface area contributed by atoms with E-state index in [9.17, 15) is 4.79 Å². The molecule has 5 heteroatoms. The zero-order chi connectivity index (χ0) is 14.0. The Morgan fingerprint density at radius 2 is 2.21 bits per heavy atom. The molecule has 0 aliphatic heterocycles. The smallest absolute Gasteiger partial charge is 0.242 e. The molecule has 0 bridgehead atoms. The number of hydrogen-bond donors (Lipinski definition) is 0. The third-order valence-corrected chi connectivity index (χ3v) is 3.61. The molecule has 0 spiro atoms. The van der Waals surface area contributed by atoms with Crippen LogP contribution in [0.1, 0.15) is 18.3 Å². The molecule has 2 rings (SSSR count). The average molecular weight is 280 g/mol. The number of carbonyl (C=O) groups excluding carboxylic acids is 1. The molecule has 2 aromatic rings. The fourth-order valence-electron chi connectivity index (χ4n) is 2.05. The van der Waals surface area contributed by atoms with Crippen molar-refractivity contribution < 1.29 is 4.79 Å². The zero-order valence-electron chi connectivity index (χ0n) is 11.5. The first kappa shape index (κ1) is 13.9. The second-order valence-corrected chi connectivity index (χ2v) is 4.87. The number of aryl methyl sites for hydroxylation is 1. The Balaban J connectivity index is 2.46. The first-order chi connectivity index (χ1) is 9.08. The van der Waals surface area contributed by atoms with Gasteiger partial charge >= 0.3 is 0 Å². The van der Waals surface area contributed by atoms with Gasteiger partial charge in [-0.1, -0.05) is 12.1 Å². The lowest BCUT2D eigenvalue weighted by Gasteiger charge is -2.16. The standard InChI is InChI=1S/C14H18ClN3O/c1-4-17(3)13(19)9-18-11-7-5-6-10(2)14(11)16-12(18)8-15/h5-7H,4,8-9H2,1-3H3. The summed E-state index contributed by atoms with van der Waals surface area (Å²) in [4.78, 5) is 18.3. The van der Waals surface area contributed by atoms with Crippen LogP contribution in [0.5, 0.6) is 0 Å². The molecule has 0 aliphatic carbocycles. The quantitative estimate of drug-likeness (QED) is 0.807. The van der Waals surface area contributed by atoms with Crippen molar-refractivity contribution in [2.45, 2.75) is 26.3 Å². The largest absolute Gasteiger partial charge is 0.344 e. The van der Waals surface area contributed by atoms with Crippen molar-refractivity contribution in [1.82, 2.24) is 14.5 Å². The Morgan fingerprint density at radius 1 is 1.47 bits per heavy atom. The Kier molecular flexibility index (Phi) is 4.10. The van der Waals surface area contributed by atoms with Crippen LogP contribution in [-0.2, 0) is 17.2 Å². The fourth-order valence-corrected chi connectivity index (χ4v) is 2.25. The van der Waals surface area contributed by atoms with E-state index in [-0.39, 0.29) is 12.5 Å². The minimum absolute atomic E-state index is 0.0645. The van der Waals surface area contributed by atoms with Gasteiger partial charge in [0.2, 0.25) is 5.91 Å². The van der Waals surface area contributed by atoms with E-state index in [4.69, 9.17) is 11.6 Å². The molecule has 1 heterocycles. The number of halogens is 1. The van der Waals surface area contributed by atoms with Gasteiger partial charge in [0.1, 0.15) is 12.4 Å². The van der Waals surface area contributed by atoms with Crippen molar-refractivity contribution in [2.24, 2.45) is 0 Å². The van der Waals surface area contributed by atoms with Crippen LogP contribution in [0, 0.1) is 6.92 Å².